The second-order valence-electron chi connectivity index (χ2n) is 7.87. The zero-order valence-corrected chi connectivity index (χ0v) is 18.0. The number of ether oxygens (including phenoxy) is 2. The third kappa shape index (κ3) is 4.71. The Hall–Kier alpha value is -2.71. The molecule has 8 heteroatoms. The number of hydrogen-bond donors (Lipinski definition) is 1. The van der Waals surface area contributed by atoms with Crippen LogP contribution in [0.15, 0.2) is 46.0 Å². The zero-order valence-electron chi connectivity index (χ0n) is 18.0. The largest absolute Gasteiger partial charge is 0.468 e. The van der Waals surface area contributed by atoms with Crippen LogP contribution in [0.2, 0.25) is 0 Å². The van der Waals surface area contributed by atoms with Crippen molar-refractivity contribution < 1.29 is 13.9 Å². The van der Waals surface area contributed by atoms with Gasteiger partial charge in [0.2, 0.25) is 6.79 Å². The van der Waals surface area contributed by atoms with E-state index in [1.807, 2.05) is 25.2 Å². The van der Waals surface area contributed by atoms with Gasteiger partial charge in [-0.2, -0.15) is 0 Å². The lowest BCUT2D eigenvalue weighted by Crippen LogP contribution is -2.53. The van der Waals surface area contributed by atoms with Crippen molar-refractivity contribution in [3.8, 4) is 11.5 Å². The average molecular weight is 414 g/mol. The van der Waals surface area contributed by atoms with E-state index in [-0.39, 0.29) is 6.04 Å². The Morgan fingerprint density at radius 2 is 1.93 bits per heavy atom. The highest BCUT2D eigenvalue weighted by Crippen LogP contribution is 2.32. The lowest BCUT2D eigenvalue weighted by atomic mass is 10.1. The number of fused-ring (bicyclic) bond motifs is 1. The third-order valence-corrected chi connectivity index (χ3v) is 5.68. The maximum absolute atomic E-state index is 5.61. The Labute approximate surface area is 178 Å². The first-order valence-corrected chi connectivity index (χ1v) is 10.4. The molecular weight excluding hydrogens is 382 g/mol. The number of furan rings is 1. The first-order chi connectivity index (χ1) is 14.6. The summed E-state index contributed by atoms with van der Waals surface area (Å²) in [6.07, 6.45) is 1.72. The Morgan fingerprint density at radius 3 is 2.63 bits per heavy atom. The number of hydrogen-bond acceptors (Lipinski definition) is 6. The third-order valence-electron chi connectivity index (χ3n) is 5.68. The van der Waals surface area contributed by atoms with Gasteiger partial charge in [0, 0.05) is 46.3 Å². The minimum absolute atomic E-state index is 0.157. The average Bonchev–Trinajstić information content (AvgIpc) is 3.43. The molecule has 1 saturated heterocycles. The maximum Gasteiger partial charge on any atom is 0.231 e. The molecule has 1 atom stereocenters. The lowest BCUT2D eigenvalue weighted by molar-refractivity contribution is 0.170. The number of benzene rings is 1. The number of nitrogens with zero attached hydrogens (tertiary/aromatic N) is 4. The van der Waals surface area contributed by atoms with Crippen molar-refractivity contribution in [1.29, 1.82) is 0 Å². The van der Waals surface area contributed by atoms with Gasteiger partial charge in [-0.3, -0.25) is 14.8 Å². The molecule has 1 aromatic carbocycles. The molecule has 2 aromatic rings. The van der Waals surface area contributed by atoms with Crippen molar-refractivity contribution in [2.45, 2.75) is 12.6 Å². The summed E-state index contributed by atoms with van der Waals surface area (Å²) in [5.74, 6) is 3.58. The van der Waals surface area contributed by atoms with Crippen molar-refractivity contribution >= 4 is 5.96 Å². The standard InChI is InChI=1S/C22H31N5O3/c1-23-22(24-14-18(25(2)3)19-5-4-12-28-19)27-10-8-26(9-11-27)15-17-6-7-20-21(13-17)30-16-29-20/h4-7,12-13,18H,8-11,14-16H2,1-3H3,(H,23,24). The first-order valence-electron chi connectivity index (χ1n) is 10.4. The zero-order chi connectivity index (χ0) is 20.9. The van der Waals surface area contributed by atoms with E-state index in [1.165, 1.54) is 5.56 Å². The number of aliphatic imine (C=N–C) groups is 1. The van der Waals surface area contributed by atoms with Crippen LogP contribution in [-0.4, -0.2) is 81.3 Å². The molecule has 1 N–H and O–H groups in total. The SMILES string of the molecule is CN=C(NCC(c1ccco1)N(C)C)N1CCN(Cc2ccc3c(c2)OCO3)CC1. The van der Waals surface area contributed by atoms with E-state index >= 15 is 0 Å². The van der Waals surface area contributed by atoms with E-state index in [0.717, 1.165) is 62.5 Å². The number of piperazine rings is 1. The quantitative estimate of drug-likeness (QED) is 0.574. The van der Waals surface area contributed by atoms with Crippen molar-refractivity contribution in [2.24, 2.45) is 4.99 Å². The van der Waals surface area contributed by atoms with E-state index in [1.54, 1.807) is 6.26 Å². The van der Waals surface area contributed by atoms with E-state index < -0.39 is 0 Å². The van der Waals surface area contributed by atoms with E-state index in [0.29, 0.717) is 6.79 Å². The second-order valence-corrected chi connectivity index (χ2v) is 7.87. The van der Waals surface area contributed by atoms with Crippen LogP contribution >= 0.6 is 0 Å². The van der Waals surface area contributed by atoms with Gasteiger partial charge in [0.1, 0.15) is 5.76 Å². The smallest absolute Gasteiger partial charge is 0.231 e. The van der Waals surface area contributed by atoms with Gasteiger partial charge in [0.05, 0.1) is 12.3 Å². The molecule has 3 heterocycles. The Morgan fingerprint density at radius 1 is 1.13 bits per heavy atom. The van der Waals surface area contributed by atoms with Gasteiger partial charge in [-0.05, 0) is 43.9 Å². The molecular formula is C22H31N5O3. The Bertz CT molecular complexity index is 844. The minimum Gasteiger partial charge on any atom is -0.468 e. The summed E-state index contributed by atoms with van der Waals surface area (Å²) in [6.45, 7) is 5.84. The molecule has 1 fully saturated rings. The molecule has 0 spiro atoms. The van der Waals surface area contributed by atoms with Crippen LogP contribution < -0.4 is 14.8 Å². The Kier molecular flexibility index (Phi) is 6.44. The molecule has 0 radical (unpaired) electrons. The minimum atomic E-state index is 0.157. The predicted molar refractivity (Wildman–Crippen MR) is 116 cm³/mol. The van der Waals surface area contributed by atoms with E-state index in [9.17, 15) is 0 Å². The van der Waals surface area contributed by atoms with E-state index in [4.69, 9.17) is 13.9 Å². The van der Waals surface area contributed by atoms with Crippen molar-refractivity contribution in [3.05, 3.63) is 47.9 Å². The molecule has 2 aliphatic heterocycles. The van der Waals surface area contributed by atoms with Crippen LogP contribution in [0.4, 0.5) is 0 Å². The Balaban J connectivity index is 1.28. The van der Waals surface area contributed by atoms with Crippen molar-refractivity contribution in [1.82, 2.24) is 20.0 Å². The van der Waals surface area contributed by atoms with Crippen molar-refractivity contribution in [3.63, 3.8) is 0 Å². The molecule has 2 aliphatic rings. The molecule has 0 bridgehead atoms. The summed E-state index contributed by atoms with van der Waals surface area (Å²) >= 11 is 0. The lowest BCUT2D eigenvalue weighted by Gasteiger charge is -2.37. The first kappa shape index (κ1) is 20.6. The number of rotatable bonds is 6. The molecule has 162 valence electrons. The molecule has 0 saturated carbocycles. The second kappa shape index (κ2) is 9.40. The van der Waals surface area contributed by atoms with Crippen LogP contribution in [-0.2, 0) is 6.54 Å². The summed E-state index contributed by atoms with van der Waals surface area (Å²) in [5.41, 5.74) is 1.25. The molecule has 1 aromatic heterocycles. The fourth-order valence-corrected chi connectivity index (χ4v) is 3.95. The fraction of sp³-hybridized carbons (Fsp3) is 0.500. The molecule has 4 rings (SSSR count). The highest BCUT2D eigenvalue weighted by molar-refractivity contribution is 5.80. The fourth-order valence-electron chi connectivity index (χ4n) is 3.95. The van der Waals surface area contributed by atoms with Crippen molar-refractivity contribution in [2.75, 3.05) is 60.7 Å². The number of nitrogens with one attached hydrogen (secondary N) is 1. The van der Waals surface area contributed by atoms with E-state index in [2.05, 4.69) is 51.2 Å². The van der Waals surface area contributed by atoms with Gasteiger partial charge in [-0.25, -0.2) is 0 Å². The summed E-state index contributed by atoms with van der Waals surface area (Å²) in [5, 5.41) is 3.53. The summed E-state index contributed by atoms with van der Waals surface area (Å²) < 4.78 is 16.5. The summed E-state index contributed by atoms with van der Waals surface area (Å²) in [7, 11) is 5.97. The number of likely N-dealkylation sites (N-methyl/N-ethyl adjacent to an activating group) is 1. The van der Waals surface area contributed by atoms with Crippen LogP contribution in [0.1, 0.15) is 17.4 Å². The van der Waals surface area contributed by atoms with Gasteiger partial charge < -0.3 is 24.1 Å². The van der Waals surface area contributed by atoms with Crippen LogP contribution in [0, 0.1) is 0 Å². The van der Waals surface area contributed by atoms with Gasteiger partial charge in [-0.15, -0.1) is 0 Å². The monoisotopic (exact) mass is 413 g/mol. The predicted octanol–water partition coefficient (Wildman–Crippen LogP) is 2.00. The normalized spacial score (nSPS) is 18.1. The highest BCUT2D eigenvalue weighted by Gasteiger charge is 2.23. The molecule has 1 unspecified atom stereocenters. The van der Waals surface area contributed by atoms with Crippen LogP contribution in [0.25, 0.3) is 0 Å². The summed E-state index contributed by atoms with van der Waals surface area (Å²) in [4.78, 5) is 11.5. The van der Waals surface area contributed by atoms with Gasteiger partial charge >= 0.3 is 0 Å². The van der Waals surface area contributed by atoms with Crippen LogP contribution in [0.3, 0.4) is 0 Å². The molecule has 30 heavy (non-hydrogen) atoms. The van der Waals surface area contributed by atoms with Gasteiger partial charge in [-0.1, -0.05) is 6.07 Å². The molecule has 0 aliphatic carbocycles. The van der Waals surface area contributed by atoms with Gasteiger partial charge in [0.25, 0.3) is 0 Å². The number of guanidine groups is 1. The van der Waals surface area contributed by atoms with Crippen LogP contribution in [0.5, 0.6) is 11.5 Å². The highest BCUT2D eigenvalue weighted by atomic mass is 16.7. The topological polar surface area (TPSA) is 65.7 Å². The summed E-state index contributed by atoms with van der Waals surface area (Å²) in [6, 6.07) is 10.3. The molecule has 0 amide bonds. The molecule has 8 nitrogen and oxygen atoms in total. The van der Waals surface area contributed by atoms with Gasteiger partial charge in [0.15, 0.2) is 17.5 Å². The maximum atomic E-state index is 5.61.